The average molecular weight is 504 g/mol. The Balaban J connectivity index is 1.47. The number of benzene rings is 2. The van der Waals surface area contributed by atoms with Crippen molar-refractivity contribution in [2.45, 2.75) is 38.3 Å². The van der Waals surface area contributed by atoms with Crippen LogP contribution >= 0.6 is 11.6 Å². The van der Waals surface area contributed by atoms with Crippen molar-refractivity contribution in [1.82, 2.24) is 20.0 Å². The summed E-state index contributed by atoms with van der Waals surface area (Å²) in [5.74, 6) is -1.35. The van der Waals surface area contributed by atoms with E-state index in [1.807, 2.05) is 0 Å². The largest absolute Gasteiger partial charge is 0.393 e. The fourth-order valence-electron chi connectivity index (χ4n) is 4.24. The Bertz CT molecular complexity index is 1230. The first kappa shape index (κ1) is 25.1. The topological polar surface area (TPSA) is 134 Å². The van der Waals surface area contributed by atoms with Gasteiger partial charge in [0.05, 0.1) is 23.2 Å². The van der Waals surface area contributed by atoms with Crippen LogP contribution in [0.5, 0.6) is 0 Å². The summed E-state index contributed by atoms with van der Waals surface area (Å²) in [5, 5.41) is 27.0. The van der Waals surface area contributed by atoms with Gasteiger partial charge in [-0.25, -0.2) is 4.39 Å². The fraction of sp³-hybridized carbons (Fsp3) is 0.375. The molecule has 2 aromatic carbocycles. The minimum absolute atomic E-state index is 0.0366. The summed E-state index contributed by atoms with van der Waals surface area (Å²) < 4.78 is 15.6. The number of carbonyl (C=O) groups is 2. The zero-order chi connectivity index (χ0) is 25.1. The van der Waals surface area contributed by atoms with E-state index in [0.717, 1.165) is 0 Å². The van der Waals surface area contributed by atoms with Gasteiger partial charge in [0, 0.05) is 24.0 Å². The van der Waals surface area contributed by atoms with Crippen LogP contribution in [-0.2, 0) is 22.7 Å². The van der Waals surface area contributed by atoms with Crippen molar-refractivity contribution in [2.75, 3.05) is 13.1 Å². The minimum Gasteiger partial charge on any atom is -0.393 e. The second kappa shape index (κ2) is 10.7. The van der Waals surface area contributed by atoms with Gasteiger partial charge in [-0.2, -0.15) is 5.10 Å². The Labute approximate surface area is 206 Å². The zero-order valence-electron chi connectivity index (χ0n) is 18.9. The fourth-order valence-corrected chi connectivity index (χ4v) is 4.44. The maximum atomic E-state index is 14.1. The first-order valence-corrected chi connectivity index (χ1v) is 11.6. The van der Waals surface area contributed by atoms with Crippen LogP contribution in [-0.4, -0.2) is 55.9 Å². The van der Waals surface area contributed by atoms with E-state index in [-0.39, 0.29) is 47.7 Å². The molecule has 4 rings (SSSR count). The molecule has 0 saturated heterocycles. The van der Waals surface area contributed by atoms with Crippen molar-refractivity contribution >= 4 is 34.3 Å². The third-order valence-electron chi connectivity index (χ3n) is 6.14. The molecule has 0 radical (unpaired) electrons. The molecular weight excluding hydrogens is 477 g/mol. The van der Waals surface area contributed by atoms with Gasteiger partial charge in [-0.1, -0.05) is 41.9 Å². The van der Waals surface area contributed by atoms with Crippen molar-refractivity contribution in [3.8, 4) is 0 Å². The number of hydrogen-bond donors (Lipinski definition) is 4. The van der Waals surface area contributed by atoms with Crippen molar-refractivity contribution in [2.24, 2.45) is 11.7 Å². The van der Waals surface area contributed by atoms with Gasteiger partial charge < -0.3 is 26.2 Å². The summed E-state index contributed by atoms with van der Waals surface area (Å²) >= 11 is 5.79. The van der Waals surface area contributed by atoms with Gasteiger partial charge in [0.25, 0.3) is 0 Å². The Kier molecular flexibility index (Phi) is 7.66. The number of para-hydroxylation sites is 1. The molecule has 2 amide bonds. The number of fused-ring (bicyclic) bond motifs is 1. The number of rotatable bonds is 9. The highest BCUT2D eigenvalue weighted by atomic mass is 35.5. The highest BCUT2D eigenvalue weighted by Gasteiger charge is 2.31. The molecule has 0 aliphatic heterocycles. The van der Waals surface area contributed by atoms with E-state index in [2.05, 4.69) is 10.4 Å². The lowest BCUT2D eigenvalue weighted by Gasteiger charge is -2.35. The van der Waals surface area contributed by atoms with E-state index in [1.54, 1.807) is 30.3 Å². The first-order valence-electron chi connectivity index (χ1n) is 11.3. The Morgan fingerprint density at radius 2 is 2.00 bits per heavy atom. The Morgan fingerprint density at radius 3 is 2.71 bits per heavy atom. The number of carbonyl (C=O) groups excluding carboxylic acids is 2. The van der Waals surface area contributed by atoms with Crippen LogP contribution in [0.1, 0.15) is 30.3 Å². The third kappa shape index (κ3) is 5.79. The van der Waals surface area contributed by atoms with Gasteiger partial charge in [-0.15, -0.1) is 0 Å². The number of nitrogens with one attached hydrogen (secondary N) is 1. The monoisotopic (exact) mass is 503 g/mol. The van der Waals surface area contributed by atoms with E-state index in [1.165, 1.54) is 21.7 Å². The molecule has 1 aliphatic carbocycles. The maximum absolute atomic E-state index is 14.1. The highest BCUT2D eigenvalue weighted by Crippen LogP contribution is 2.28. The van der Waals surface area contributed by atoms with Gasteiger partial charge in [0.1, 0.15) is 24.3 Å². The number of nitrogens with two attached hydrogens (primary N) is 1. The summed E-state index contributed by atoms with van der Waals surface area (Å²) in [6, 6.07) is 11.6. The number of hydrogen-bond acceptors (Lipinski definition) is 6. The van der Waals surface area contributed by atoms with Gasteiger partial charge in [-0.3, -0.25) is 14.3 Å². The second-order valence-electron chi connectivity index (χ2n) is 8.76. The molecule has 0 bridgehead atoms. The normalized spacial score (nSPS) is 18.2. The van der Waals surface area contributed by atoms with Crippen molar-refractivity contribution in [1.29, 1.82) is 0 Å². The molecule has 3 aromatic rings. The lowest BCUT2D eigenvalue weighted by molar-refractivity contribution is -0.138. The van der Waals surface area contributed by atoms with Crippen LogP contribution in [0.4, 0.5) is 4.39 Å². The number of halogens is 2. The summed E-state index contributed by atoms with van der Waals surface area (Å²) in [5.41, 5.74) is 6.74. The van der Waals surface area contributed by atoms with E-state index < -0.39 is 24.1 Å². The maximum Gasteiger partial charge on any atom is 0.244 e. The number of amides is 2. The number of nitrogens with zero attached hydrogens (tertiary/aromatic N) is 3. The van der Waals surface area contributed by atoms with Crippen molar-refractivity contribution in [3.05, 3.63) is 64.6 Å². The molecule has 1 aromatic heterocycles. The van der Waals surface area contributed by atoms with Crippen LogP contribution in [0, 0.1) is 11.7 Å². The predicted octanol–water partition coefficient (Wildman–Crippen LogP) is 1.69. The number of aromatic nitrogens is 2. The molecule has 0 spiro atoms. The summed E-state index contributed by atoms with van der Waals surface area (Å²) in [6.45, 7) is -0.185. The summed E-state index contributed by atoms with van der Waals surface area (Å²) in [7, 11) is 0. The molecule has 1 aliphatic rings. The van der Waals surface area contributed by atoms with Gasteiger partial charge in [0.2, 0.25) is 11.8 Å². The Hall–Kier alpha value is -3.05. The molecule has 9 nitrogen and oxygen atoms in total. The lowest BCUT2D eigenvalue weighted by atomic mass is 9.82. The van der Waals surface area contributed by atoms with Crippen molar-refractivity contribution < 1.29 is 24.2 Å². The number of aliphatic hydroxyl groups excluding tert-OH is 2. The molecule has 1 unspecified atom stereocenters. The molecule has 186 valence electrons. The van der Waals surface area contributed by atoms with Crippen molar-refractivity contribution in [3.63, 3.8) is 0 Å². The van der Waals surface area contributed by atoms with Crippen LogP contribution in [0.3, 0.4) is 0 Å². The second-order valence-corrected chi connectivity index (χ2v) is 9.17. The third-order valence-corrected chi connectivity index (χ3v) is 6.43. The molecule has 1 fully saturated rings. The highest BCUT2D eigenvalue weighted by molar-refractivity contribution is 6.30. The summed E-state index contributed by atoms with van der Waals surface area (Å²) in [4.78, 5) is 27.3. The molecule has 35 heavy (non-hydrogen) atoms. The minimum atomic E-state index is -1.30. The van der Waals surface area contributed by atoms with Crippen LogP contribution in [0.15, 0.2) is 42.5 Å². The van der Waals surface area contributed by atoms with Crippen LogP contribution in [0.2, 0.25) is 5.02 Å². The molecule has 11 heteroatoms. The van der Waals surface area contributed by atoms with E-state index in [4.69, 9.17) is 17.3 Å². The standard InChI is InChI=1S/C24H27ClFN5O4/c25-18-6-3-4-15(22(18)26)10-28-20(33)12-30(11-14-8-16(32)9-14)21(34)13-31-19-7-2-1-5-17(19)23(29-31)24(27)35/h1-7,14,16,24,32,35H,8-13,27H2,(H,28,33). The summed E-state index contributed by atoms with van der Waals surface area (Å²) in [6.07, 6.45) is -0.609. The Morgan fingerprint density at radius 1 is 1.26 bits per heavy atom. The van der Waals surface area contributed by atoms with E-state index in [0.29, 0.717) is 30.3 Å². The molecule has 1 atom stereocenters. The average Bonchev–Trinajstić information content (AvgIpc) is 3.17. The van der Waals surface area contributed by atoms with E-state index in [9.17, 15) is 24.2 Å². The lowest BCUT2D eigenvalue weighted by Crippen LogP contribution is -2.47. The molecule has 1 heterocycles. The van der Waals surface area contributed by atoms with E-state index >= 15 is 0 Å². The molecular formula is C24H27ClFN5O4. The zero-order valence-corrected chi connectivity index (χ0v) is 19.7. The van der Waals surface area contributed by atoms with Gasteiger partial charge in [0.15, 0.2) is 0 Å². The SMILES string of the molecule is NC(O)c1nn(CC(=O)N(CC(=O)NCc2cccc(Cl)c2F)CC2CC(O)C2)c2ccccc12. The number of aliphatic hydroxyl groups is 2. The van der Waals surface area contributed by atoms with Gasteiger partial charge >= 0.3 is 0 Å². The predicted molar refractivity (Wildman–Crippen MR) is 127 cm³/mol. The molecule has 1 saturated carbocycles. The van der Waals surface area contributed by atoms with Crippen LogP contribution in [0.25, 0.3) is 10.9 Å². The van der Waals surface area contributed by atoms with Gasteiger partial charge in [-0.05, 0) is 30.9 Å². The quantitative estimate of drug-likeness (QED) is 0.328. The van der Waals surface area contributed by atoms with Crippen LogP contribution < -0.4 is 11.1 Å². The smallest absolute Gasteiger partial charge is 0.244 e. The first-order chi connectivity index (χ1) is 16.7. The molecule has 5 N–H and O–H groups in total.